The van der Waals surface area contributed by atoms with Gasteiger partial charge < -0.3 is 9.73 Å². The van der Waals surface area contributed by atoms with Crippen molar-refractivity contribution in [3.63, 3.8) is 0 Å². The molecule has 15 heavy (non-hydrogen) atoms. The van der Waals surface area contributed by atoms with Gasteiger partial charge in [-0.25, -0.2) is 0 Å². The lowest BCUT2D eigenvalue weighted by atomic mass is 10.2. The molecule has 1 aromatic heterocycles. The molecular weight excluding hydrogens is 254 g/mol. The molecule has 1 N–H and O–H groups in total. The van der Waals surface area contributed by atoms with Gasteiger partial charge in [0.05, 0.1) is 16.8 Å². The summed E-state index contributed by atoms with van der Waals surface area (Å²) >= 11 is 3.44. The molecule has 0 saturated carbocycles. The molecule has 1 aromatic rings. The molecule has 0 radical (unpaired) electrons. The molecule has 2 nitrogen and oxygen atoms in total. The van der Waals surface area contributed by atoms with E-state index in [0.717, 1.165) is 36.0 Å². The van der Waals surface area contributed by atoms with E-state index >= 15 is 0 Å². The Labute approximate surface area is 99.6 Å². The number of unbranched alkanes of at least 4 members (excludes halogenated alkanes) is 2. The average Bonchev–Trinajstić information content (AvgIpc) is 2.64. The number of hydrogen-bond acceptors (Lipinski definition) is 2. The minimum absolute atomic E-state index is 0.236. The highest BCUT2D eigenvalue weighted by molar-refractivity contribution is 9.10. The normalized spacial score (nSPS) is 12.3. The van der Waals surface area contributed by atoms with Crippen molar-refractivity contribution in [2.75, 3.05) is 6.54 Å². The van der Waals surface area contributed by atoms with Crippen molar-refractivity contribution in [3.8, 4) is 12.3 Å². The Morgan fingerprint density at radius 1 is 1.60 bits per heavy atom. The van der Waals surface area contributed by atoms with Crippen molar-refractivity contribution >= 4 is 15.9 Å². The fraction of sp³-hybridized carbons (Fsp3) is 0.500. The Morgan fingerprint density at radius 2 is 2.40 bits per heavy atom. The first kappa shape index (κ1) is 12.4. The molecule has 0 amide bonds. The van der Waals surface area contributed by atoms with E-state index in [1.807, 2.05) is 6.07 Å². The Morgan fingerprint density at radius 3 is 3.00 bits per heavy atom. The Hall–Kier alpha value is -0.720. The molecule has 0 aromatic carbocycles. The number of terminal acetylenes is 1. The van der Waals surface area contributed by atoms with Crippen LogP contribution in [0.2, 0.25) is 0 Å². The van der Waals surface area contributed by atoms with E-state index in [-0.39, 0.29) is 6.04 Å². The third-order valence-electron chi connectivity index (χ3n) is 2.24. The summed E-state index contributed by atoms with van der Waals surface area (Å²) in [5, 5.41) is 3.39. The molecule has 1 atom stereocenters. The summed E-state index contributed by atoms with van der Waals surface area (Å²) in [6.45, 7) is 3.06. The zero-order chi connectivity index (χ0) is 11.1. The fourth-order valence-electron chi connectivity index (χ4n) is 1.38. The summed E-state index contributed by atoms with van der Waals surface area (Å²) in [5.41, 5.74) is 0. The molecule has 0 fully saturated rings. The highest BCUT2D eigenvalue weighted by atomic mass is 79.9. The van der Waals surface area contributed by atoms with Crippen LogP contribution in [-0.4, -0.2) is 6.54 Å². The predicted molar refractivity (Wildman–Crippen MR) is 65.5 cm³/mol. The fourth-order valence-corrected chi connectivity index (χ4v) is 1.92. The first-order valence-corrected chi connectivity index (χ1v) is 5.94. The molecule has 0 spiro atoms. The summed E-state index contributed by atoms with van der Waals surface area (Å²) in [7, 11) is 0. The van der Waals surface area contributed by atoms with Gasteiger partial charge in [-0.15, -0.1) is 12.3 Å². The second-order valence-electron chi connectivity index (χ2n) is 3.47. The summed E-state index contributed by atoms with van der Waals surface area (Å²) in [6.07, 6.45) is 9.91. The third-order valence-corrected chi connectivity index (χ3v) is 2.89. The maximum absolute atomic E-state index is 5.36. The van der Waals surface area contributed by atoms with E-state index < -0.39 is 0 Å². The van der Waals surface area contributed by atoms with Gasteiger partial charge >= 0.3 is 0 Å². The molecule has 0 aliphatic heterocycles. The molecule has 3 heteroatoms. The third kappa shape index (κ3) is 4.11. The molecule has 1 unspecified atom stereocenters. The highest BCUT2D eigenvalue weighted by Gasteiger charge is 2.11. The molecule has 0 saturated heterocycles. The van der Waals surface area contributed by atoms with Crippen LogP contribution in [0.25, 0.3) is 0 Å². The standard InChI is InChI=1S/C12H16BrNO/c1-3-4-5-6-8-14-10(2)12-11(13)7-9-15-12/h1,7,9-10,14H,4-6,8H2,2H3. The smallest absolute Gasteiger partial charge is 0.134 e. The van der Waals surface area contributed by atoms with Crippen LogP contribution in [0.15, 0.2) is 21.2 Å². The SMILES string of the molecule is C#CCCCCNC(C)c1occc1Br. The minimum atomic E-state index is 0.236. The van der Waals surface area contributed by atoms with E-state index in [2.05, 4.69) is 34.1 Å². The van der Waals surface area contributed by atoms with Crippen LogP contribution >= 0.6 is 15.9 Å². The first-order chi connectivity index (χ1) is 7.25. The van der Waals surface area contributed by atoms with Crippen LogP contribution in [0.3, 0.4) is 0 Å². The van der Waals surface area contributed by atoms with E-state index in [1.165, 1.54) is 0 Å². The van der Waals surface area contributed by atoms with Gasteiger partial charge in [0.15, 0.2) is 0 Å². The monoisotopic (exact) mass is 269 g/mol. The van der Waals surface area contributed by atoms with E-state index in [9.17, 15) is 0 Å². The quantitative estimate of drug-likeness (QED) is 0.632. The molecule has 1 rings (SSSR count). The van der Waals surface area contributed by atoms with Gasteiger partial charge in [0.25, 0.3) is 0 Å². The molecule has 1 heterocycles. The molecule has 0 aliphatic carbocycles. The number of hydrogen-bond donors (Lipinski definition) is 1. The van der Waals surface area contributed by atoms with Gasteiger partial charge in [-0.3, -0.25) is 0 Å². The van der Waals surface area contributed by atoms with Gasteiger partial charge in [-0.1, -0.05) is 0 Å². The van der Waals surface area contributed by atoms with Gasteiger partial charge in [-0.05, 0) is 48.3 Å². The van der Waals surface area contributed by atoms with Crippen LogP contribution < -0.4 is 5.32 Å². The predicted octanol–water partition coefficient (Wildman–Crippen LogP) is 3.50. The molecule has 0 aliphatic rings. The average molecular weight is 270 g/mol. The topological polar surface area (TPSA) is 25.2 Å². The lowest BCUT2D eigenvalue weighted by molar-refractivity contribution is 0.425. The van der Waals surface area contributed by atoms with Gasteiger partial charge in [0, 0.05) is 6.42 Å². The maximum atomic E-state index is 5.36. The molecule has 0 bridgehead atoms. The number of nitrogens with one attached hydrogen (secondary N) is 1. The first-order valence-electron chi connectivity index (χ1n) is 5.15. The van der Waals surface area contributed by atoms with Gasteiger partial charge in [0.1, 0.15) is 5.76 Å². The van der Waals surface area contributed by atoms with Crippen molar-refractivity contribution in [3.05, 3.63) is 22.6 Å². The van der Waals surface area contributed by atoms with Crippen molar-refractivity contribution in [1.29, 1.82) is 0 Å². The van der Waals surface area contributed by atoms with Gasteiger partial charge in [-0.2, -0.15) is 0 Å². The minimum Gasteiger partial charge on any atom is -0.466 e. The van der Waals surface area contributed by atoms with Crippen LogP contribution in [-0.2, 0) is 0 Å². The van der Waals surface area contributed by atoms with Crippen molar-refractivity contribution in [2.24, 2.45) is 0 Å². The Kier molecular flexibility index (Phi) is 5.52. The van der Waals surface area contributed by atoms with Crippen molar-refractivity contribution < 1.29 is 4.42 Å². The second kappa shape index (κ2) is 6.71. The van der Waals surface area contributed by atoms with Crippen LogP contribution in [0.5, 0.6) is 0 Å². The van der Waals surface area contributed by atoms with Crippen LogP contribution in [0, 0.1) is 12.3 Å². The van der Waals surface area contributed by atoms with E-state index in [1.54, 1.807) is 6.26 Å². The van der Waals surface area contributed by atoms with Crippen LogP contribution in [0.4, 0.5) is 0 Å². The van der Waals surface area contributed by atoms with E-state index in [0.29, 0.717) is 0 Å². The summed E-state index contributed by atoms with van der Waals surface area (Å²) in [4.78, 5) is 0. The number of rotatable bonds is 6. The summed E-state index contributed by atoms with van der Waals surface area (Å²) in [6, 6.07) is 2.14. The zero-order valence-corrected chi connectivity index (χ0v) is 10.5. The highest BCUT2D eigenvalue weighted by Crippen LogP contribution is 2.23. The van der Waals surface area contributed by atoms with Crippen molar-refractivity contribution in [1.82, 2.24) is 5.32 Å². The summed E-state index contributed by atoms with van der Waals surface area (Å²) in [5.74, 6) is 3.59. The Bertz CT molecular complexity index is 327. The molecular formula is C12H16BrNO. The van der Waals surface area contributed by atoms with E-state index in [4.69, 9.17) is 10.8 Å². The summed E-state index contributed by atoms with van der Waals surface area (Å²) < 4.78 is 6.38. The second-order valence-corrected chi connectivity index (χ2v) is 4.32. The zero-order valence-electron chi connectivity index (χ0n) is 8.92. The number of furan rings is 1. The van der Waals surface area contributed by atoms with Gasteiger partial charge in [0.2, 0.25) is 0 Å². The largest absolute Gasteiger partial charge is 0.466 e. The van der Waals surface area contributed by atoms with Crippen molar-refractivity contribution in [2.45, 2.75) is 32.2 Å². The lowest BCUT2D eigenvalue weighted by Gasteiger charge is -2.11. The Balaban J connectivity index is 2.23. The maximum Gasteiger partial charge on any atom is 0.134 e. The lowest BCUT2D eigenvalue weighted by Crippen LogP contribution is -2.19. The van der Waals surface area contributed by atoms with Crippen LogP contribution in [0.1, 0.15) is 38.0 Å². The molecule has 82 valence electrons. The number of halogens is 1.